The Bertz CT molecular complexity index is 1320. The Morgan fingerprint density at radius 1 is 0.538 bits per heavy atom. The molecule has 0 aromatic heterocycles. The molecule has 0 aliphatic heterocycles. The van der Waals surface area contributed by atoms with Crippen molar-refractivity contribution in [1.82, 2.24) is 0 Å². The highest BCUT2D eigenvalue weighted by Crippen LogP contribution is 2.32. The first-order valence-electron chi connectivity index (χ1n) is 14.3. The van der Waals surface area contributed by atoms with E-state index in [2.05, 4.69) is 55.5 Å². The van der Waals surface area contributed by atoms with E-state index in [0.717, 1.165) is 77.9 Å². The molecule has 0 atom stereocenters. The van der Waals surface area contributed by atoms with Crippen molar-refractivity contribution in [2.45, 2.75) is 58.3 Å². The summed E-state index contributed by atoms with van der Waals surface area (Å²) in [5.41, 5.74) is 2.88. The molecule has 0 bridgehead atoms. The maximum absolute atomic E-state index is 8.95. The molecule has 0 N–H and O–H groups in total. The third-order valence-corrected chi connectivity index (χ3v) is 6.86. The molecule has 0 saturated heterocycles. The molecule has 0 saturated carbocycles. The highest BCUT2D eigenvalue weighted by atomic mass is 16.5. The summed E-state index contributed by atoms with van der Waals surface area (Å²) in [5.74, 6) is 2.76. The van der Waals surface area contributed by atoms with E-state index in [9.17, 15) is 0 Å². The first-order chi connectivity index (χ1) is 19.3. The Kier molecular flexibility index (Phi) is 11.1. The monoisotopic (exact) mass is 521 g/mol. The highest BCUT2D eigenvalue weighted by Gasteiger charge is 2.07. The van der Waals surface area contributed by atoms with E-state index in [1.807, 2.05) is 42.5 Å². The Morgan fingerprint density at radius 2 is 1.03 bits per heavy atom. The van der Waals surface area contributed by atoms with Gasteiger partial charge in [0.1, 0.15) is 17.2 Å². The number of benzene rings is 4. The van der Waals surface area contributed by atoms with E-state index in [1.54, 1.807) is 0 Å². The van der Waals surface area contributed by atoms with Crippen molar-refractivity contribution in [3.8, 4) is 34.4 Å². The van der Waals surface area contributed by atoms with Gasteiger partial charge in [0.05, 0.1) is 31.5 Å². The normalized spacial score (nSPS) is 10.8. The van der Waals surface area contributed by atoms with Gasteiger partial charge in [-0.15, -0.1) is 0 Å². The van der Waals surface area contributed by atoms with Gasteiger partial charge in [0.2, 0.25) is 0 Å². The maximum atomic E-state index is 8.95. The number of rotatable bonds is 16. The van der Waals surface area contributed by atoms with Crippen LogP contribution in [-0.2, 0) is 0 Å². The molecule has 4 nitrogen and oxygen atoms in total. The van der Waals surface area contributed by atoms with Gasteiger partial charge >= 0.3 is 0 Å². The van der Waals surface area contributed by atoms with Crippen LogP contribution in [0.15, 0.2) is 84.9 Å². The van der Waals surface area contributed by atoms with Gasteiger partial charge in [-0.2, -0.15) is 5.26 Å². The summed E-state index contributed by atoms with van der Waals surface area (Å²) in [6.45, 7) is 4.40. The number of ether oxygens (including phenoxy) is 3. The summed E-state index contributed by atoms with van der Waals surface area (Å²) in [7, 11) is 0. The summed E-state index contributed by atoms with van der Waals surface area (Å²) in [5, 5.41) is 11.2. The van der Waals surface area contributed by atoms with Gasteiger partial charge in [0, 0.05) is 10.8 Å². The summed E-state index contributed by atoms with van der Waals surface area (Å²) in [6, 6.07) is 30.4. The maximum Gasteiger partial charge on any atom is 0.127 e. The van der Waals surface area contributed by atoms with E-state index in [4.69, 9.17) is 19.5 Å². The summed E-state index contributed by atoms with van der Waals surface area (Å²) in [4.78, 5) is 0. The zero-order valence-electron chi connectivity index (χ0n) is 23.0. The molecule has 0 amide bonds. The van der Waals surface area contributed by atoms with Crippen LogP contribution in [0.4, 0.5) is 0 Å². The second kappa shape index (κ2) is 15.4. The lowest BCUT2D eigenvalue weighted by Gasteiger charge is -2.13. The van der Waals surface area contributed by atoms with Gasteiger partial charge in [-0.25, -0.2) is 0 Å². The summed E-state index contributed by atoms with van der Waals surface area (Å²) in [6.07, 6.45) is 9.07. The molecule has 202 valence electrons. The molecule has 0 spiro atoms. The number of nitriles is 1. The topological polar surface area (TPSA) is 51.5 Å². The molecule has 0 radical (unpaired) electrons. The first-order valence-corrected chi connectivity index (χ1v) is 14.3. The predicted molar refractivity (Wildman–Crippen MR) is 160 cm³/mol. The average molecular weight is 522 g/mol. The van der Waals surface area contributed by atoms with Crippen LogP contribution < -0.4 is 14.2 Å². The largest absolute Gasteiger partial charge is 0.494 e. The van der Waals surface area contributed by atoms with Crippen LogP contribution in [0.3, 0.4) is 0 Å². The smallest absolute Gasteiger partial charge is 0.127 e. The third-order valence-electron chi connectivity index (χ3n) is 6.86. The van der Waals surface area contributed by atoms with Crippen LogP contribution in [0.2, 0.25) is 0 Å². The molecular weight excluding hydrogens is 482 g/mol. The van der Waals surface area contributed by atoms with Crippen LogP contribution in [0, 0.1) is 11.3 Å². The standard InChI is InChI=1S/C35H39NO3/c1-2-3-4-7-25-38-34-14-10-13-33-32(34)12-11-15-35(33)39-26-9-6-5-8-24-37-31-22-20-30(21-23-31)29-18-16-28(27-36)17-19-29/h10-23H,2-9,24-26H2,1H3. The van der Waals surface area contributed by atoms with Gasteiger partial charge in [0.25, 0.3) is 0 Å². The minimum Gasteiger partial charge on any atom is -0.494 e. The average Bonchev–Trinajstić information content (AvgIpc) is 2.99. The molecule has 4 heteroatoms. The van der Waals surface area contributed by atoms with Crippen LogP contribution in [0.25, 0.3) is 21.9 Å². The van der Waals surface area contributed by atoms with Gasteiger partial charge in [0.15, 0.2) is 0 Å². The Morgan fingerprint density at radius 3 is 1.54 bits per heavy atom. The molecule has 0 aliphatic carbocycles. The number of hydrogen-bond donors (Lipinski definition) is 0. The number of nitrogens with zero attached hydrogens (tertiary/aromatic N) is 1. The lowest BCUT2D eigenvalue weighted by molar-refractivity contribution is 0.289. The van der Waals surface area contributed by atoms with E-state index >= 15 is 0 Å². The summed E-state index contributed by atoms with van der Waals surface area (Å²) >= 11 is 0. The number of hydrogen-bond acceptors (Lipinski definition) is 4. The third kappa shape index (κ3) is 8.52. The molecule has 4 aromatic carbocycles. The van der Waals surface area contributed by atoms with Crippen molar-refractivity contribution in [2.24, 2.45) is 0 Å². The molecule has 0 fully saturated rings. The van der Waals surface area contributed by atoms with Crippen molar-refractivity contribution in [3.05, 3.63) is 90.5 Å². The molecule has 0 aliphatic rings. The van der Waals surface area contributed by atoms with E-state index in [0.29, 0.717) is 18.8 Å². The van der Waals surface area contributed by atoms with Crippen molar-refractivity contribution in [2.75, 3.05) is 19.8 Å². The molecular formula is C35H39NO3. The van der Waals surface area contributed by atoms with Crippen molar-refractivity contribution >= 4 is 10.8 Å². The lowest BCUT2D eigenvalue weighted by Crippen LogP contribution is -2.01. The van der Waals surface area contributed by atoms with Crippen molar-refractivity contribution in [1.29, 1.82) is 5.26 Å². The Labute approximate surface area is 233 Å². The van der Waals surface area contributed by atoms with Crippen LogP contribution in [0.5, 0.6) is 17.2 Å². The minimum atomic E-state index is 0.673. The fourth-order valence-corrected chi connectivity index (χ4v) is 4.63. The van der Waals surface area contributed by atoms with E-state index < -0.39 is 0 Å². The predicted octanol–water partition coefficient (Wildman–Crippen LogP) is 9.36. The second-order valence-electron chi connectivity index (χ2n) is 9.84. The Balaban J connectivity index is 1.13. The zero-order valence-corrected chi connectivity index (χ0v) is 23.0. The molecule has 39 heavy (non-hydrogen) atoms. The van der Waals surface area contributed by atoms with Crippen molar-refractivity contribution < 1.29 is 14.2 Å². The first kappa shape index (κ1) is 28.0. The molecule has 4 aromatic rings. The van der Waals surface area contributed by atoms with Crippen LogP contribution in [0.1, 0.15) is 63.9 Å². The van der Waals surface area contributed by atoms with Gasteiger partial charge in [-0.05, 0) is 79.6 Å². The summed E-state index contributed by atoms with van der Waals surface area (Å²) < 4.78 is 18.2. The number of unbranched alkanes of at least 4 members (excludes halogenated alkanes) is 6. The molecule has 4 rings (SSSR count). The van der Waals surface area contributed by atoms with Crippen LogP contribution >= 0.6 is 0 Å². The fraction of sp³-hybridized carbons (Fsp3) is 0.343. The fourth-order valence-electron chi connectivity index (χ4n) is 4.63. The highest BCUT2D eigenvalue weighted by molar-refractivity contribution is 5.93. The number of fused-ring (bicyclic) bond motifs is 1. The Hall–Kier alpha value is -3.97. The van der Waals surface area contributed by atoms with E-state index in [1.165, 1.54) is 19.3 Å². The zero-order chi connectivity index (χ0) is 27.1. The molecule has 0 unspecified atom stereocenters. The molecule has 0 heterocycles. The lowest BCUT2D eigenvalue weighted by atomic mass is 10.0. The van der Waals surface area contributed by atoms with Gasteiger partial charge in [-0.3, -0.25) is 0 Å². The SMILES string of the molecule is CCCCCCOc1cccc2c(OCCCCCCOc3ccc(-c4ccc(C#N)cc4)cc3)cccc12. The minimum absolute atomic E-state index is 0.673. The van der Waals surface area contributed by atoms with Crippen molar-refractivity contribution in [3.63, 3.8) is 0 Å². The van der Waals surface area contributed by atoms with Gasteiger partial charge in [-0.1, -0.05) is 74.7 Å². The quantitative estimate of drug-likeness (QED) is 0.138. The van der Waals surface area contributed by atoms with E-state index in [-0.39, 0.29) is 0 Å². The van der Waals surface area contributed by atoms with Crippen LogP contribution in [-0.4, -0.2) is 19.8 Å². The van der Waals surface area contributed by atoms with Gasteiger partial charge < -0.3 is 14.2 Å². The second-order valence-corrected chi connectivity index (χ2v) is 9.84.